The van der Waals surface area contributed by atoms with Crippen LogP contribution in [0.25, 0.3) is 0 Å². The Bertz CT molecular complexity index is 787. The van der Waals surface area contributed by atoms with Crippen molar-refractivity contribution in [3.8, 4) is 0 Å². The lowest BCUT2D eigenvalue weighted by Gasteiger charge is -2.40. The minimum absolute atomic E-state index is 0.106. The molecule has 0 fully saturated rings. The summed E-state index contributed by atoms with van der Waals surface area (Å²) in [6, 6.07) is 0. The lowest BCUT2D eigenvalue weighted by molar-refractivity contribution is -0.216. The van der Waals surface area contributed by atoms with Crippen molar-refractivity contribution in [1.29, 1.82) is 0 Å². The van der Waals surface area contributed by atoms with Crippen molar-refractivity contribution >= 4 is 17.7 Å². The van der Waals surface area contributed by atoms with Crippen molar-refractivity contribution in [1.82, 2.24) is 0 Å². The molecule has 0 spiro atoms. The maximum Gasteiger partial charge on any atom is 0.334 e. The van der Waals surface area contributed by atoms with Crippen LogP contribution in [0.4, 0.5) is 0 Å². The SMILES string of the molecule is CC(=O)OC12C=C(C)C(=O)[C@@H](O1)[C@H](C(C)C)CCC1=C[C@H](C/C(C)=C\2)OC1=O. The van der Waals surface area contributed by atoms with Crippen LogP contribution in [0.15, 0.2) is 34.9 Å². The highest BCUT2D eigenvalue weighted by Gasteiger charge is 2.45. The number of carbonyl (C=O) groups excluding carboxylic acids is 3. The second-order valence-corrected chi connectivity index (χ2v) is 8.32. The quantitative estimate of drug-likeness (QED) is 0.533. The van der Waals surface area contributed by atoms with Crippen molar-refractivity contribution in [2.24, 2.45) is 11.8 Å². The Labute approximate surface area is 165 Å². The zero-order chi connectivity index (χ0) is 20.6. The van der Waals surface area contributed by atoms with Crippen LogP contribution in [-0.4, -0.2) is 35.7 Å². The molecular formula is C22H28O6. The average Bonchev–Trinajstić information content (AvgIpc) is 2.89. The number of esters is 2. The third kappa shape index (κ3) is 4.12. The van der Waals surface area contributed by atoms with Gasteiger partial charge in [-0.1, -0.05) is 19.4 Å². The number of ketones is 1. The van der Waals surface area contributed by atoms with Crippen molar-refractivity contribution in [3.63, 3.8) is 0 Å². The predicted octanol–water partition coefficient (Wildman–Crippen LogP) is 3.41. The zero-order valence-electron chi connectivity index (χ0n) is 17.1. The van der Waals surface area contributed by atoms with Gasteiger partial charge < -0.3 is 14.2 Å². The molecule has 3 heterocycles. The molecule has 0 radical (unpaired) electrons. The molecule has 0 aromatic heterocycles. The topological polar surface area (TPSA) is 78.9 Å². The Morgan fingerprint density at radius 3 is 2.61 bits per heavy atom. The van der Waals surface area contributed by atoms with Gasteiger partial charge in [-0.05, 0) is 62.3 Å². The summed E-state index contributed by atoms with van der Waals surface area (Å²) < 4.78 is 17.3. The molecule has 1 unspecified atom stereocenters. The summed E-state index contributed by atoms with van der Waals surface area (Å²) in [4.78, 5) is 37.0. The smallest absolute Gasteiger partial charge is 0.334 e. The van der Waals surface area contributed by atoms with Gasteiger partial charge >= 0.3 is 11.9 Å². The molecule has 0 amide bonds. The van der Waals surface area contributed by atoms with E-state index in [0.29, 0.717) is 30.4 Å². The van der Waals surface area contributed by atoms with Crippen LogP contribution in [0.5, 0.6) is 0 Å². The first-order valence-corrected chi connectivity index (χ1v) is 9.81. The first-order valence-electron chi connectivity index (χ1n) is 9.81. The summed E-state index contributed by atoms with van der Waals surface area (Å²) in [7, 11) is 0. The lowest BCUT2D eigenvalue weighted by Crippen LogP contribution is -2.49. The van der Waals surface area contributed by atoms with E-state index in [0.717, 1.165) is 5.57 Å². The van der Waals surface area contributed by atoms with Crippen LogP contribution >= 0.6 is 0 Å². The van der Waals surface area contributed by atoms with Crippen LogP contribution in [0.1, 0.15) is 53.9 Å². The van der Waals surface area contributed by atoms with Gasteiger partial charge in [-0.25, -0.2) is 4.79 Å². The Morgan fingerprint density at radius 1 is 1.25 bits per heavy atom. The van der Waals surface area contributed by atoms with Crippen LogP contribution in [0.2, 0.25) is 0 Å². The molecule has 0 saturated heterocycles. The molecule has 0 aliphatic carbocycles. The van der Waals surface area contributed by atoms with E-state index in [1.54, 1.807) is 19.1 Å². The summed E-state index contributed by atoms with van der Waals surface area (Å²) in [5.74, 6) is -2.32. The van der Waals surface area contributed by atoms with Crippen molar-refractivity contribution < 1.29 is 28.6 Å². The molecule has 0 aromatic carbocycles. The normalized spacial score (nSPS) is 35.1. The fourth-order valence-electron chi connectivity index (χ4n) is 4.25. The Hall–Kier alpha value is -2.21. The number of hydrogen-bond acceptors (Lipinski definition) is 6. The van der Waals surface area contributed by atoms with Crippen LogP contribution < -0.4 is 0 Å². The standard InChI is InChI=1S/C22H28O6/c1-12(2)18-7-6-16-9-17(26-21(16)25)8-13(3)10-22(27-15(5)23)11-14(4)19(24)20(18)28-22/h9-12,17-18,20H,6-8H2,1-5H3/b13-10-/t17-,18-,20-,22?/m0/s1. The number of rotatable bonds is 2. The Kier molecular flexibility index (Phi) is 5.62. The first kappa shape index (κ1) is 20.5. The van der Waals surface area contributed by atoms with Gasteiger partial charge in [0.05, 0.1) is 0 Å². The van der Waals surface area contributed by atoms with E-state index in [9.17, 15) is 14.4 Å². The van der Waals surface area contributed by atoms with Crippen LogP contribution in [0, 0.1) is 11.8 Å². The van der Waals surface area contributed by atoms with Gasteiger partial charge in [0.15, 0.2) is 5.78 Å². The molecule has 0 saturated carbocycles. The van der Waals surface area contributed by atoms with Gasteiger partial charge in [0, 0.05) is 18.9 Å². The second kappa shape index (κ2) is 7.66. The molecule has 152 valence electrons. The number of hydrogen-bond donors (Lipinski definition) is 0. The highest BCUT2D eigenvalue weighted by Crippen LogP contribution is 2.38. The van der Waals surface area contributed by atoms with Crippen LogP contribution in [0.3, 0.4) is 0 Å². The monoisotopic (exact) mass is 388 g/mol. The number of Topliss-reactive ketones (excluding diaryl/α,β-unsaturated/α-hetero) is 1. The Balaban J connectivity index is 2.10. The molecule has 4 atom stereocenters. The van der Waals surface area contributed by atoms with E-state index in [-0.39, 0.29) is 29.7 Å². The fourth-order valence-corrected chi connectivity index (χ4v) is 4.25. The summed E-state index contributed by atoms with van der Waals surface area (Å²) >= 11 is 0. The molecule has 3 aliphatic rings. The third-order valence-electron chi connectivity index (χ3n) is 5.55. The second-order valence-electron chi connectivity index (χ2n) is 8.32. The average molecular weight is 388 g/mol. The Morgan fingerprint density at radius 2 is 1.96 bits per heavy atom. The highest BCUT2D eigenvalue weighted by atomic mass is 16.7. The highest BCUT2D eigenvalue weighted by molar-refractivity contribution is 5.99. The number of ether oxygens (including phenoxy) is 3. The van der Waals surface area contributed by atoms with Crippen LogP contribution in [-0.2, 0) is 28.6 Å². The fraction of sp³-hybridized carbons (Fsp3) is 0.591. The van der Waals surface area contributed by atoms with E-state index in [2.05, 4.69) is 0 Å². The van der Waals surface area contributed by atoms with Crippen molar-refractivity contribution in [2.45, 2.75) is 71.9 Å². The van der Waals surface area contributed by atoms with Gasteiger partial charge in [0.1, 0.15) is 12.2 Å². The third-order valence-corrected chi connectivity index (χ3v) is 5.55. The molecule has 4 bridgehead atoms. The lowest BCUT2D eigenvalue weighted by atomic mass is 9.80. The zero-order valence-corrected chi connectivity index (χ0v) is 17.1. The molecule has 3 rings (SSSR count). The van der Waals surface area contributed by atoms with Gasteiger partial charge in [-0.3, -0.25) is 9.59 Å². The van der Waals surface area contributed by atoms with E-state index in [1.165, 1.54) is 6.92 Å². The van der Waals surface area contributed by atoms with Gasteiger partial charge in [0.2, 0.25) is 0 Å². The minimum Gasteiger partial charge on any atom is -0.454 e. The summed E-state index contributed by atoms with van der Waals surface area (Å²) in [6.07, 6.45) is 5.68. The maximum atomic E-state index is 12.9. The first-order chi connectivity index (χ1) is 13.1. The molecule has 28 heavy (non-hydrogen) atoms. The van der Waals surface area contributed by atoms with Crippen molar-refractivity contribution in [3.05, 3.63) is 34.9 Å². The summed E-state index contributed by atoms with van der Waals surface area (Å²) in [6.45, 7) is 8.97. The van der Waals surface area contributed by atoms with Gasteiger partial charge in [-0.2, -0.15) is 0 Å². The largest absolute Gasteiger partial charge is 0.454 e. The van der Waals surface area contributed by atoms with E-state index >= 15 is 0 Å². The van der Waals surface area contributed by atoms with Gasteiger partial charge in [-0.15, -0.1) is 0 Å². The van der Waals surface area contributed by atoms with E-state index in [1.807, 2.05) is 26.8 Å². The number of carbonyl (C=O) groups is 3. The van der Waals surface area contributed by atoms with E-state index < -0.39 is 17.9 Å². The van der Waals surface area contributed by atoms with Gasteiger partial charge in [0.25, 0.3) is 5.79 Å². The molecule has 0 N–H and O–H groups in total. The maximum absolute atomic E-state index is 12.9. The summed E-state index contributed by atoms with van der Waals surface area (Å²) in [5.41, 5.74) is 2.01. The minimum atomic E-state index is -1.43. The molecular weight excluding hydrogens is 360 g/mol. The number of fused-ring (bicyclic) bond motifs is 3. The van der Waals surface area contributed by atoms with E-state index in [4.69, 9.17) is 14.2 Å². The molecule has 0 aromatic rings. The van der Waals surface area contributed by atoms with Crippen molar-refractivity contribution in [2.75, 3.05) is 0 Å². The molecule has 6 heteroatoms. The predicted molar refractivity (Wildman–Crippen MR) is 102 cm³/mol. The molecule has 3 aliphatic heterocycles. The molecule has 6 nitrogen and oxygen atoms in total. The summed E-state index contributed by atoms with van der Waals surface area (Å²) in [5, 5.41) is 0.